The molecule has 1 atom stereocenters. The van der Waals surface area contributed by atoms with Crippen LogP contribution in [0.4, 0.5) is 5.13 Å². The summed E-state index contributed by atoms with van der Waals surface area (Å²) in [5, 5.41) is 3.14. The molecule has 0 aliphatic carbocycles. The molecule has 1 aromatic rings. The molecule has 6 nitrogen and oxygen atoms in total. The summed E-state index contributed by atoms with van der Waals surface area (Å²) in [6.07, 6.45) is 4.44. The van der Waals surface area contributed by atoms with E-state index < -0.39 is 0 Å². The molecule has 1 aromatic heterocycles. The molecule has 0 bridgehead atoms. The SMILES string of the molecule is CCN1CCCC(CN=C(N)N2CCN(c3nccs3)CC2)C1.I. The van der Waals surface area contributed by atoms with Crippen LogP contribution < -0.4 is 10.6 Å². The molecule has 2 aliphatic heterocycles. The normalized spacial score (nSPS) is 23.2. The highest BCUT2D eigenvalue weighted by Crippen LogP contribution is 2.19. The third-order valence-electron chi connectivity index (χ3n) is 4.86. The lowest BCUT2D eigenvalue weighted by atomic mass is 9.98. The molecule has 0 amide bonds. The number of nitrogens with two attached hydrogens (primary N) is 1. The van der Waals surface area contributed by atoms with Crippen LogP contribution in [0, 0.1) is 5.92 Å². The monoisotopic (exact) mass is 464 g/mol. The zero-order chi connectivity index (χ0) is 16.1. The second-order valence-corrected chi connectivity index (χ2v) is 7.26. The first kappa shape index (κ1) is 19.7. The number of likely N-dealkylation sites (tertiary alicyclic amines) is 1. The number of halogens is 1. The standard InChI is InChI=1S/C16H28N6S.HI/c1-2-20-6-3-4-14(13-20)12-19-15(17)21-7-9-22(10-8-21)16-18-5-11-23-16;/h5,11,14H,2-4,6-10,12-13H2,1H3,(H2,17,19);1H. The van der Waals surface area contributed by atoms with Crippen molar-refractivity contribution in [2.45, 2.75) is 19.8 Å². The molecule has 2 N–H and O–H groups in total. The molecule has 2 fully saturated rings. The fourth-order valence-corrected chi connectivity index (χ4v) is 4.11. The molecule has 8 heteroatoms. The molecule has 2 saturated heterocycles. The van der Waals surface area contributed by atoms with Gasteiger partial charge in [0.25, 0.3) is 0 Å². The molecule has 24 heavy (non-hydrogen) atoms. The van der Waals surface area contributed by atoms with Crippen molar-refractivity contribution in [1.82, 2.24) is 14.8 Å². The Labute approximate surface area is 166 Å². The van der Waals surface area contributed by atoms with Crippen LogP contribution in [-0.4, -0.2) is 73.1 Å². The fraction of sp³-hybridized carbons (Fsp3) is 0.750. The summed E-state index contributed by atoms with van der Waals surface area (Å²) in [5.41, 5.74) is 6.23. The van der Waals surface area contributed by atoms with Crippen LogP contribution in [0.25, 0.3) is 0 Å². The predicted octanol–water partition coefficient (Wildman–Crippen LogP) is 1.93. The topological polar surface area (TPSA) is 61.0 Å². The molecule has 0 radical (unpaired) electrons. The van der Waals surface area contributed by atoms with E-state index in [1.807, 2.05) is 11.6 Å². The van der Waals surface area contributed by atoms with Crippen LogP contribution in [0.1, 0.15) is 19.8 Å². The van der Waals surface area contributed by atoms with Crippen molar-refractivity contribution in [1.29, 1.82) is 0 Å². The highest BCUT2D eigenvalue weighted by atomic mass is 127. The molecule has 2 aliphatic rings. The number of piperidine rings is 1. The first-order valence-corrected chi connectivity index (χ1v) is 9.56. The summed E-state index contributed by atoms with van der Waals surface area (Å²) in [6.45, 7) is 10.5. The first-order valence-electron chi connectivity index (χ1n) is 8.68. The van der Waals surface area contributed by atoms with Crippen molar-refractivity contribution in [3.8, 4) is 0 Å². The van der Waals surface area contributed by atoms with E-state index in [0.717, 1.165) is 50.4 Å². The molecule has 1 unspecified atom stereocenters. The van der Waals surface area contributed by atoms with Crippen molar-refractivity contribution in [2.75, 3.05) is 57.3 Å². The molecular formula is C16H29IN6S. The Kier molecular flexibility index (Phi) is 8.02. The molecule has 3 heterocycles. The van der Waals surface area contributed by atoms with Crippen molar-refractivity contribution >= 4 is 46.4 Å². The summed E-state index contributed by atoms with van der Waals surface area (Å²) < 4.78 is 0. The van der Waals surface area contributed by atoms with E-state index in [9.17, 15) is 0 Å². The Bertz CT molecular complexity index is 501. The van der Waals surface area contributed by atoms with Crippen LogP contribution in [0.2, 0.25) is 0 Å². The van der Waals surface area contributed by atoms with Crippen molar-refractivity contribution < 1.29 is 0 Å². The Morgan fingerprint density at radius 2 is 2.12 bits per heavy atom. The summed E-state index contributed by atoms with van der Waals surface area (Å²) in [6, 6.07) is 0. The number of guanidine groups is 1. The van der Waals surface area contributed by atoms with Gasteiger partial charge < -0.3 is 20.4 Å². The van der Waals surface area contributed by atoms with Crippen LogP contribution in [0.15, 0.2) is 16.6 Å². The smallest absolute Gasteiger partial charge is 0.191 e. The summed E-state index contributed by atoms with van der Waals surface area (Å²) in [4.78, 5) is 16.1. The van der Waals surface area contributed by atoms with Gasteiger partial charge in [0.2, 0.25) is 0 Å². The van der Waals surface area contributed by atoms with Gasteiger partial charge in [-0.1, -0.05) is 6.92 Å². The lowest BCUT2D eigenvalue weighted by molar-refractivity contribution is 0.186. The first-order chi connectivity index (χ1) is 11.3. The predicted molar refractivity (Wildman–Crippen MR) is 113 cm³/mol. The Morgan fingerprint density at radius 1 is 1.33 bits per heavy atom. The van der Waals surface area contributed by atoms with Gasteiger partial charge in [-0.05, 0) is 31.8 Å². The van der Waals surface area contributed by atoms with Gasteiger partial charge in [0.15, 0.2) is 11.1 Å². The van der Waals surface area contributed by atoms with Crippen molar-refractivity contribution in [3.05, 3.63) is 11.6 Å². The number of rotatable bonds is 4. The number of aromatic nitrogens is 1. The number of nitrogens with zero attached hydrogens (tertiary/aromatic N) is 5. The number of hydrogen-bond acceptors (Lipinski definition) is 5. The number of thiazole rings is 1. The Balaban J connectivity index is 0.00000208. The largest absolute Gasteiger partial charge is 0.370 e. The zero-order valence-electron chi connectivity index (χ0n) is 14.4. The fourth-order valence-electron chi connectivity index (χ4n) is 3.41. The second kappa shape index (κ2) is 9.76. The van der Waals surface area contributed by atoms with Crippen LogP contribution in [0.5, 0.6) is 0 Å². The minimum Gasteiger partial charge on any atom is -0.370 e. The quantitative estimate of drug-likeness (QED) is 0.419. The van der Waals surface area contributed by atoms with E-state index in [0.29, 0.717) is 5.92 Å². The number of anilines is 1. The average Bonchev–Trinajstić information content (AvgIpc) is 3.14. The van der Waals surface area contributed by atoms with Crippen LogP contribution in [-0.2, 0) is 0 Å². The highest BCUT2D eigenvalue weighted by Gasteiger charge is 2.21. The number of piperazine rings is 1. The highest BCUT2D eigenvalue weighted by molar-refractivity contribution is 14.0. The third kappa shape index (κ3) is 5.19. The number of hydrogen-bond donors (Lipinski definition) is 1. The van der Waals surface area contributed by atoms with E-state index >= 15 is 0 Å². The lowest BCUT2D eigenvalue weighted by Gasteiger charge is -2.35. The molecule has 0 spiro atoms. The second-order valence-electron chi connectivity index (χ2n) is 6.39. The average molecular weight is 464 g/mol. The van der Waals surface area contributed by atoms with Crippen molar-refractivity contribution in [3.63, 3.8) is 0 Å². The Hall–Kier alpha value is -0.610. The van der Waals surface area contributed by atoms with Gasteiger partial charge in [-0.3, -0.25) is 4.99 Å². The zero-order valence-corrected chi connectivity index (χ0v) is 17.6. The van der Waals surface area contributed by atoms with E-state index in [2.05, 4.69) is 26.6 Å². The van der Waals surface area contributed by atoms with Gasteiger partial charge in [0.1, 0.15) is 0 Å². The van der Waals surface area contributed by atoms with Gasteiger partial charge in [-0.15, -0.1) is 35.3 Å². The van der Waals surface area contributed by atoms with Gasteiger partial charge in [0.05, 0.1) is 0 Å². The van der Waals surface area contributed by atoms with Crippen LogP contribution >= 0.6 is 35.3 Å². The third-order valence-corrected chi connectivity index (χ3v) is 5.69. The minimum absolute atomic E-state index is 0. The Morgan fingerprint density at radius 3 is 2.79 bits per heavy atom. The maximum atomic E-state index is 6.23. The number of aliphatic imine (C=N–C) groups is 1. The minimum atomic E-state index is 0. The van der Waals surface area contributed by atoms with Crippen LogP contribution in [0.3, 0.4) is 0 Å². The van der Waals surface area contributed by atoms with E-state index in [1.54, 1.807) is 11.3 Å². The van der Waals surface area contributed by atoms with Gasteiger partial charge in [-0.2, -0.15) is 0 Å². The van der Waals surface area contributed by atoms with Gasteiger partial charge in [-0.25, -0.2) is 4.98 Å². The summed E-state index contributed by atoms with van der Waals surface area (Å²) >= 11 is 1.70. The van der Waals surface area contributed by atoms with Crippen molar-refractivity contribution in [2.24, 2.45) is 16.6 Å². The molecule has 0 aromatic carbocycles. The van der Waals surface area contributed by atoms with E-state index in [-0.39, 0.29) is 24.0 Å². The van der Waals surface area contributed by atoms with E-state index in [1.165, 1.54) is 25.9 Å². The summed E-state index contributed by atoms with van der Waals surface area (Å²) in [7, 11) is 0. The van der Waals surface area contributed by atoms with Gasteiger partial charge >= 0.3 is 0 Å². The molecular weight excluding hydrogens is 435 g/mol. The lowest BCUT2D eigenvalue weighted by Crippen LogP contribution is -2.51. The van der Waals surface area contributed by atoms with Gasteiger partial charge in [0, 0.05) is 50.8 Å². The molecule has 3 rings (SSSR count). The maximum Gasteiger partial charge on any atom is 0.191 e. The molecule has 136 valence electrons. The van der Waals surface area contributed by atoms with E-state index in [4.69, 9.17) is 10.7 Å². The summed E-state index contributed by atoms with van der Waals surface area (Å²) in [5.74, 6) is 1.39. The maximum absolute atomic E-state index is 6.23. The molecule has 0 saturated carbocycles.